The summed E-state index contributed by atoms with van der Waals surface area (Å²) in [6, 6.07) is 10.0. The van der Waals surface area contributed by atoms with Crippen LogP contribution in [0.15, 0.2) is 41.1 Å². The molecule has 0 bridgehead atoms. The van der Waals surface area contributed by atoms with Gasteiger partial charge in [-0.2, -0.15) is 11.3 Å². The lowest BCUT2D eigenvalue weighted by Gasteiger charge is -2.34. The number of nitrogens with zero attached hydrogens (tertiary/aromatic N) is 1. The van der Waals surface area contributed by atoms with E-state index in [0.717, 1.165) is 31.9 Å². The zero-order valence-corrected chi connectivity index (χ0v) is 14.1. The van der Waals surface area contributed by atoms with Crippen LogP contribution in [0, 0.1) is 6.92 Å². The van der Waals surface area contributed by atoms with E-state index in [4.69, 9.17) is 4.74 Å². The second kappa shape index (κ2) is 7.73. The maximum absolute atomic E-state index is 12.4. The second-order valence-electron chi connectivity index (χ2n) is 5.80. The van der Waals surface area contributed by atoms with Crippen LogP contribution in [0.4, 0.5) is 0 Å². The first-order valence-corrected chi connectivity index (χ1v) is 8.87. The van der Waals surface area contributed by atoms with Gasteiger partial charge < -0.3 is 10.1 Å². The van der Waals surface area contributed by atoms with Gasteiger partial charge in [-0.25, -0.2) is 0 Å². The summed E-state index contributed by atoms with van der Waals surface area (Å²) in [5, 5.41) is 7.34. The Kier molecular flexibility index (Phi) is 5.43. The van der Waals surface area contributed by atoms with Crippen molar-refractivity contribution in [3.8, 4) is 0 Å². The van der Waals surface area contributed by atoms with Gasteiger partial charge in [0.2, 0.25) is 0 Å². The zero-order valence-electron chi connectivity index (χ0n) is 13.3. The van der Waals surface area contributed by atoms with Gasteiger partial charge in [-0.1, -0.05) is 17.7 Å². The normalized spacial score (nSPS) is 16.9. The van der Waals surface area contributed by atoms with Crippen LogP contribution < -0.4 is 5.32 Å². The summed E-state index contributed by atoms with van der Waals surface area (Å²) < 4.78 is 5.45. The Morgan fingerprint density at radius 2 is 2.00 bits per heavy atom. The molecule has 1 atom stereocenters. The van der Waals surface area contributed by atoms with E-state index in [1.54, 1.807) is 11.3 Å². The molecule has 4 nitrogen and oxygen atoms in total. The number of hydrogen-bond acceptors (Lipinski definition) is 4. The Hall–Kier alpha value is -1.69. The van der Waals surface area contributed by atoms with Crippen molar-refractivity contribution in [2.75, 3.05) is 32.8 Å². The fraction of sp³-hybridized carbons (Fsp3) is 0.389. The van der Waals surface area contributed by atoms with Gasteiger partial charge in [0.15, 0.2) is 0 Å². The lowest BCUT2D eigenvalue weighted by atomic mass is 10.1. The molecule has 0 saturated carbocycles. The van der Waals surface area contributed by atoms with E-state index in [2.05, 4.69) is 27.0 Å². The number of hydrogen-bond donors (Lipinski definition) is 1. The van der Waals surface area contributed by atoms with E-state index >= 15 is 0 Å². The Balaban J connectivity index is 1.66. The van der Waals surface area contributed by atoms with Gasteiger partial charge in [0.1, 0.15) is 0 Å². The molecule has 1 aliphatic heterocycles. The van der Waals surface area contributed by atoms with Crippen LogP contribution in [0.25, 0.3) is 0 Å². The number of ether oxygens (including phenoxy) is 1. The third kappa shape index (κ3) is 4.19. The van der Waals surface area contributed by atoms with Crippen molar-refractivity contribution in [2.45, 2.75) is 13.0 Å². The highest BCUT2D eigenvalue weighted by atomic mass is 32.1. The summed E-state index contributed by atoms with van der Waals surface area (Å²) in [7, 11) is 0. The number of amides is 1. The number of carbonyl (C=O) groups is 1. The SMILES string of the molecule is Cc1ccc(C(=O)NCC(c2ccsc2)N2CCOCC2)cc1. The number of carbonyl (C=O) groups excluding carboxylic acids is 1. The number of morpholine rings is 1. The summed E-state index contributed by atoms with van der Waals surface area (Å²) in [5.74, 6) is -0.0153. The predicted molar refractivity (Wildman–Crippen MR) is 93.0 cm³/mol. The van der Waals surface area contributed by atoms with Gasteiger partial charge in [-0.05, 0) is 41.4 Å². The highest BCUT2D eigenvalue weighted by Gasteiger charge is 2.23. The minimum Gasteiger partial charge on any atom is -0.379 e. The molecule has 1 saturated heterocycles. The van der Waals surface area contributed by atoms with Crippen molar-refractivity contribution in [3.05, 3.63) is 57.8 Å². The van der Waals surface area contributed by atoms with Crippen LogP contribution in [0.1, 0.15) is 27.5 Å². The molecule has 5 heteroatoms. The number of thiophene rings is 1. The molecule has 1 aromatic carbocycles. The second-order valence-corrected chi connectivity index (χ2v) is 6.58. The molecule has 1 aromatic heterocycles. The van der Waals surface area contributed by atoms with E-state index in [-0.39, 0.29) is 11.9 Å². The molecule has 0 spiro atoms. The third-order valence-corrected chi connectivity index (χ3v) is 4.89. The molecule has 23 heavy (non-hydrogen) atoms. The van der Waals surface area contributed by atoms with Crippen LogP contribution in [0.2, 0.25) is 0 Å². The summed E-state index contributed by atoms with van der Waals surface area (Å²) in [6.07, 6.45) is 0. The molecule has 1 N–H and O–H groups in total. The molecular formula is C18H22N2O2S. The molecule has 1 amide bonds. The van der Waals surface area contributed by atoms with Gasteiger partial charge >= 0.3 is 0 Å². The van der Waals surface area contributed by atoms with Crippen molar-refractivity contribution in [1.82, 2.24) is 10.2 Å². The first-order chi connectivity index (χ1) is 11.2. The van der Waals surface area contributed by atoms with E-state index in [1.807, 2.05) is 31.2 Å². The fourth-order valence-corrected chi connectivity index (χ4v) is 3.51. The first kappa shape index (κ1) is 16.2. The lowest BCUT2D eigenvalue weighted by Crippen LogP contribution is -2.43. The predicted octanol–water partition coefficient (Wildman–Crippen LogP) is 2.86. The molecule has 0 aliphatic carbocycles. The number of nitrogens with one attached hydrogen (secondary N) is 1. The van der Waals surface area contributed by atoms with Gasteiger partial charge in [0.05, 0.1) is 19.3 Å². The van der Waals surface area contributed by atoms with Crippen molar-refractivity contribution >= 4 is 17.2 Å². The van der Waals surface area contributed by atoms with E-state index in [0.29, 0.717) is 12.1 Å². The Morgan fingerprint density at radius 3 is 2.65 bits per heavy atom. The molecule has 1 unspecified atom stereocenters. The monoisotopic (exact) mass is 330 g/mol. The van der Waals surface area contributed by atoms with Gasteiger partial charge in [0, 0.05) is 25.2 Å². The molecule has 3 rings (SSSR count). The fourth-order valence-electron chi connectivity index (χ4n) is 2.81. The number of benzene rings is 1. The average Bonchev–Trinajstić information content (AvgIpc) is 3.11. The minimum atomic E-state index is -0.0153. The molecular weight excluding hydrogens is 308 g/mol. The minimum absolute atomic E-state index is 0.0153. The summed E-state index contributed by atoms with van der Waals surface area (Å²) in [4.78, 5) is 14.8. The summed E-state index contributed by atoms with van der Waals surface area (Å²) in [5.41, 5.74) is 3.13. The first-order valence-electron chi connectivity index (χ1n) is 7.93. The van der Waals surface area contributed by atoms with Crippen molar-refractivity contribution in [3.63, 3.8) is 0 Å². The van der Waals surface area contributed by atoms with Crippen LogP contribution in [-0.4, -0.2) is 43.7 Å². The number of rotatable bonds is 5. The largest absolute Gasteiger partial charge is 0.379 e. The Bertz CT molecular complexity index is 619. The van der Waals surface area contributed by atoms with Gasteiger partial charge in [-0.15, -0.1) is 0 Å². The van der Waals surface area contributed by atoms with E-state index in [1.165, 1.54) is 5.56 Å². The van der Waals surface area contributed by atoms with Crippen LogP contribution in [0.3, 0.4) is 0 Å². The van der Waals surface area contributed by atoms with E-state index in [9.17, 15) is 4.79 Å². The standard InChI is InChI=1S/C18H22N2O2S/c1-14-2-4-15(5-3-14)18(21)19-12-17(16-6-11-23-13-16)20-7-9-22-10-8-20/h2-6,11,13,17H,7-10,12H2,1H3,(H,19,21). The van der Waals surface area contributed by atoms with Crippen LogP contribution >= 0.6 is 11.3 Å². The molecule has 122 valence electrons. The van der Waals surface area contributed by atoms with Crippen molar-refractivity contribution in [2.24, 2.45) is 0 Å². The van der Waals surface area contributed by atoms with Crippen molar-refractivity contribution < 1.29 is 9.53 Å². The molecule has 1 fully saturated rings. The highest BCUT2D eigenvalue weighted by molar-refractivity contribution is 7.07. The van der Waals surface area contributed by atoms with Crippen LogP contribution in [-0.2, 0) is 4.74 Å². The molecule has 1 aliphatic rings. The highest BCUT2D eigenvalue weighted by Crippen LogP contribution is 2.23. The Labute approximate surface area is 141 Å². The van der Waals surface area contributed by atoms with Gasteiger partial charge in [-0.3, -0.25) is 9.69 Å². The zero-order chi connectivity index (χ0) is 16.1. The molecule has 2 aromatic rings. The van der Waals surface area contributed by atoms with E-state index < -0.39 is 0 Å². The Morgan fingerprint density at radius 1 is 1.26 bits per heavy atom. The lowest BCUT2D eigenvalue weighted by molar-refractivity contribution is 0.0163. The summed E-state index contributed by atoms with van der Waals surface area (Å²) >= 11 is 1.69. The maximum Gasteiger partial charge on any atom is 0.251 e. The number of aryl methyl sites for hydroxylation is 1. The quantitative estimate of drug-likeness (QED) is 0.916. The maximum atomic E-state index is 12.4. The third-order valence-electron chi connectivity index (χ3n) is 4.18. The van der Waals surface area contributed by atoms with Crippen molar-refractivity contribution in [1.29, 1.82) is 0 Å². The van der Waals surface area contributed by atoms with Crippen LogP contribution in [0.5, 0.6) is 0 Å². The smallest absolute Gasteiger partial charge is 0.251 e. The topological polar surface area (TPSA) is 41.6 Å². The average molecular weight is 330 g/mol. The van der Waals surface area contributed by atoms with Gasteiger partial charge in [0.25, 0.3) is 5.91 Å². The summed E-state index contributed by atoms with van der Waals surface area (Å²) in [6.45, 7) is 5.96. The molecule has 2 heterocycles. The molecule has 0 radical (unpaired) electrons.